The van der Waals surface area contributed by atoms with E-state index >= 15 is 0 Å². The summed E-state index contributed by atoms with van der Waals surface area (Å²) in [5, 5.41) is 0. The molecule has 3 aromatic carbocycles. The first-order valence-corrected chi connectivity index (χ1v) is 13.2. The Morgan fingerprint density at radius 3 is 2.57 bits per heavy atom. The molecule has 0 spiro atoms. The molecular formula is C25H25N3O5S2. The van der Waals surface area contributed by atoms with E-state index in [-0.39, 0.29) is 16.1 Å². The molecule has 8 nitrogen and oxygen atoms in total. The predicted molar refractivity (Wildman–Crippen MR) is 136 cm³/mol. The number of thiazole rings is 1. The van der Waals surface area contributed by atoms with E-state index in [0.29, 0.717) is 30.3 Å². The molecule has 0 radical (unpaired) electrons. The van der Waals surface area contributed by atoms with E-state index in [9.17, 15) is 13.2 Å². The van der Waals surface area contributed by atoms with Crippen LogP contribution >= 0.6 is 11.3 Å². The summed E-state index contributed by atoms with van der Waals surface area (Å²) < 4.78 is 41.6. The van der Waals surface area contributed by atoms with Crippen LogP contribution in [0.1, 0.15) is 17.3 Å². The lowest BCUT2D eigenvalue weighted by Gasteiger charge is -2.09. The van der Waals surface area contributed by atoms with Crippen LogP contribution in [0.5, 0.6) is 5.75 Å². The minimum Gasteiger partial charge on any atom is -0.497 e. The van der Waals surface area contributed by atoms with Crippen LogP contribution in [0.2, 0.25) is 0 Å². The van der Waals surface area contributed by atoms with Gasteiger partial charge in [0.05, 0.1) is 28.8 Å². The maximum absolute atomic E-state index is 13.0. The largest absolute Gasteiger partial charge is 0.497 e. The molecule has 1 heterocycles. The second-order valence-corrected chi connectivity index (χ2v) is 10.2. The van der Waals surface area contributed by atoms with E-state index in [2.05, 4.69) is 9.71 Å². The Morgan fingerprint density at radius 2 is 1.83 bits per heavy atom. The molecule has 0 fully saturated rings. The van der Waals surface area contributed by atoms with Gasteiger partial charge in [0.15, 0.2) is 4.80 Å². The molecule has 182 valence electrons. The first kappa shape index (κ1) is 24.6. The molecular weight excluding hydrogens is 486 g/mol. The molecule has 0 aliphatic heterocycles. The summed E-state index contributed by atoms with van der Waals surface area (Å²) in [6.07, 6.45) is 0. The van der Waals surface area contributed by atoms with Crippen LogP contribution in [0.15, 0.2) is 82.7 Å². The van der Waals surface area contributed by atoms with E-state index in [1.165, 1.54) is 36.6 Å². The standard InChI is InChI=1S/C25H25N3O5S2/c1-3-33-16-15-28-22-9-4-5-10-23(22)34-25(28)26-24(29)18-7-6-8-19(17-18)27-35(30,31)21-13-11-20(32-2)12-14-21/h4-14,17,27H,3,15-16H2,1-2H3. The number of ether oxygens (including phenoxy) is 2. The molecule has 1 N–H and O–H groups in total. The van der Waals surface area contributed by atoms with Crippen molar-refractivity contribution in [3.8, 4) is 5.75 Å². The van der Waals surface area contributed by atoms with Gasteiger partial charge >= 0.3 is 0 Å². The maximum atomic E-state index is 13.0. The molecule has 0 bridgehead atoms. The first-order chi connectivity index (χ1) is 16.9. The quantitative estimate of drug-likeness (QED) is 0.338. The number of carbonyl (C=O) groups excluding carboxylic acids is 1. The van der Waals surface area contributed by atoms with Gasteiger partial charge in [-0.05, 0) is 61.5 Å². The number of nitrogens with one attached hydrogen (secondary N) is 1. The average Bonchev–Trinajstić information content (AvgIpc) is 3.21. The van der Waals surface area contributed by atoms with Gasteiger partial charge in [-0.2, -0.15) is 4.99 Å². The highest BCUT2D eigenvalue weighted by Crippen LogP contribution is 2.21. The lowest BCUT2D eigenvalue weighted by molar-refractivity contribution is 0.0996. The lowest BCUT2D eigenvalue weighted by Crippen LogP contribution is -2.19. The molecule has 4 rings (SSSR count). The predicted octanol–water partition coefficient (Wildman–Crippen LogP) is 4.29. The van der Waals surface area contributed by atoms with Gasteiger partial charge in [-0.3, -0.25) is 9.52 Å². The fraction of sp³-hybridized carbons (Fsp3) is 0.200. The van der Waals surface area contributed by atoms with Crippen molar-refractivity contribution in [3.63, 3.8) is 0 Å². The summed E-state index contributed by atoms with van der Waals surface area (Å²) in [4.78, 5) is 18.0. The van der Waals surface area contributed by atoms with Gasteiger partial charge in [0.25, 0.3) is 15.9 Å². The number of nitrogens with zero attached hydrogens (tertiary/aromatic N) is 2. The maximum Gasteiger partial charge on any atom is 0.279 e. The van der Waals surface area contributed by atoms with E-state index in [1.807, 2.05) is 35.8 Å². The number of rotatable bonds is 9. The van der Waals surface area contributed by atoms with E-state index in [0.717, 1.165) is 10.2 Å². The number of amides is 1. The summed E-state index contributed by atoms with van der Waals surface area (Å²) in [5.41, 5.74) is 1.51. The Labute approximate surface area is 207 Å². The smallest absolute Gasteiger partial charge is 0.279 e. The molecule has 0 aliphatic rings. The Bertz CT molecular complexity index is 1510. The molecule has 0 unspecified atom stereocenters. The van der Waals surface area contributed by atoms with Crippen molar-refractivity contribution in [1.29, 1.82) is 0 Å². The molecule has 0 atom stereocenters. The zero-order valence-corrected chi connectivity index (χ0v) is 20.9. The van der Waals surface area contributed by atoms with Crippen LogP contribution in [0.25, 0.3) is 10.2 Å². The average molecular weight is 512 g/mol. The fourth-order valence-electron chi connectivity index (χ4n) is 3.46. The lowest BCUT2D eigenvalue weighted by atomic mass is 10.2. The number of benzene rings is 3. The molecule has 1 amide bonds. The van der Waals surface area contributed by atoms with Gasteiger partial charge in [0.1, 0.15) is 5.75 Å². The molecule has 4 aromatic rings. The van der Waals surface area contributed by atoms with Crippen LogP contribution < -0.4 is 14.3 Å². The molecule has 0 saturated heterocycles. The van der Waals surface area contributed by atoms with Crippen LogP contribution in [0.4, 0.5) is 5.69 Å². The van der Waals surface area contributed by atoms with Gasteiger partial charge in [-0.15, -0.1) is 0 Å². The van der Waals surface area contributed by atoms with Crippen LogP contribution in [-0.4, -0.2) is 39.2 Å². The van der Waals surface area contributed by atoms with Gasteiger partial charge in [0, 0.05) is 24.4 Å². The number of hydrogen-bond donors (Lipinski definition) is 1. The number of anilines is 1. The third kappa shape index (κ3) is 5.79. The summed E-state index contributed by atoms with van der Waals surface area (Å²) in [7, 11) is -2.33. The molecule has 1 aromatic heterocycles. The van der Waals surface area contributed by atoms with Crippen molar-refractivity contribution in [3.05, 3.63) is 83.2 Å². The van der Waals surface area contributed by atoms with Gasteiger partial charge < -0.3 is 14.0 Å². The SMILES string of the molecule is CCOCCn1c(=NC(=O)c2cccc(NS(=O)(=O)c3ccc(OC)cc3)c2)sc2ccccc21. The molecule has 0 aliphatic carbocycles. The highest BCUT2D eigenvalue weighted by atomic mass is 32.2. The molecule has 35 heavy (non-hydrogen) atoms. The van der Waals surface area contributed by atoms with Crippen molar-refractivity contribution in [2.24, 2.45) is 4.99 Å². The zero-order chi connectivity index (χ0) is 24.8. The second-order valence-electron chi connectivity index (χ2n) is 7.48. The monoisotopic (exact) mass is 511 g/mol. The summed E-state index contributed by atoms with van der Waals surface area (Å²) in [5.74, 6) is 0.0881. The fourth-order valence-corrected chi connectivity index (χ4v) is 5.56. The Kier molecular flexibility index (Phi) is 7.64. The number of sulfonamides is 1. The zero-order valence-electron chi connectivity index (χ0n) is 19.3. The Morgan fingerprint density at radius 1 is 1.06 bits per heavy atom. The normalized spacial score (nSPS) is 12.1. The Balaban J connectivity index is 1.62. The first-order valence-electron chi connectivity index (χ1n) is 10.9. The van der Waals surface area contributed by atoms with Crippen LogP contribution in [0.3, 0.4) is 0 Å². The van der Waals surface area contributed by atoms with Gasteiger partial charge in [-0.25, -0.2) is 8.42 Å². The van der Waals surface area contributed by atoms with E-state index < -0.39 is 15.9 Å². The molecule has 0 saturated carbocycles. The van der Waals surface area contributed by atoms with Crippen molar-refractivity contribution in [1.82, 2.24) is 4.57 Å². The third-order valence-electron chi connectivity index (χ3n) is 5.18. The minimum atomic E-state index is -3.84. The van der Waals surface area contributed by atoms with E-state index in [4.69, 9.17) is 9.47 Å². The molecule has 10 heteroatoms. The van der Waals surface area contributed by atoms with Gasteiger partial charge in [0.2, 0.25) is 0 Å². The number of para-hydroxylation sites is 1. The van der Waals surface area contributed by atoms with E-state index in [1.54, 1.807) is 30.3 Å². The summed E-state index contributed by atoms with van der Waals surface area (Å²) in [6, 6.07) is 20.2. The van der Waals surface area contributed by atoms with Crippen molar-refractivity contribution in [2.45, 2.75) is 18.4 Å². The number of carbonyl (C=O) groups is 1. The third-order valence-corrected chi connectivity index (χ3v) is 7.64. The van der Waals surface area contributed by atoms with Crippen molar-refractivity contribution in [2.75, 3.05) is 25.0 Å². The highest BCUT2D eigenvalue weighted by molar-refractivity contribution is 7.92. The van der Waals surface area contributed by atoms with Crippen LogP contribution in [0, 0.1) is 0 Å². The highest BCUT2D eigenvalue weighted by Gasteiger charge is 2.16. The Hall–Kier alpha value is -3.47. The minimum absolute atomic E-state index is 0.0836. The van der Waals surface area contributed by atoms with Crippen LogP contribution in [-0.2, 0) is 21.3 Å². The number of hydrogen-bond acceptors (Lipinski definition) is 6. The number of methoxy groups -OCH3 is 1. The summed E-state index contributed by atoms with van der Waals surface area (Å²) >= 11 is 1.42. The van der Waals surface area contributed by atoms with Crippen molar-refractivity contribution < 1.29 is 22.7 Å². The number of aromatic nitrogens is 1. The number of fused-ring (bicyclic) bond motifs is 1. The van der Waals surface area contributed by atoms with Gasteiger partial charge in [-0.1, -0.05) is 29.5 Å². The second kappa shape index (κ2) is 10.9. The topological polar surface area (TPSA) is 99.0 Å². The van der Waals surface area contributed by atoms with Crippen molar-refractivity contribution >= 4 is 43.2 Å². The summed E-state index contributed by atoms with van der Waals surface area (Å²) in [6.45, 7) is 3.60.